The van der Waals surface area contributed by atoms with Crippen molar-refractivity contribution in [3.8, 4) is 6.07 Å². The summed E-state index contributed by atoms with van der Waals surface area (Å²) in [4.78, 5) is 24.9. The summed E-state index contributed by atoms with van der Waals surface area (Å²) in [5.74, 6) is -1.29. The van der Waals surface area contributed by atoms with E-state index in [2.05, 4.69) is 0 Å². The number of urea groups is 1. The van der Waals surface area contributed by atoms with E-state index in [4.69, 9.17) is 10.4 Å². The zero-order valence-electron chi connectivity index (χ0n) is 8.51. The monoisotopic (exact) mass is 211 g/mol. The Hall–Kier alpha value is -1.77. The minimum atomic E-state index is -0.862. The van der Waals surface area contributed by atoms with Gasteiger partial charge in [-0.05, 0) is 0 Å². The minimum absolute atomic E-state index is 0.206. The molecule has 2 amide bonds. The lowest BCUT2D eigenvalue weighted by atomic mass is 10.0. The molecule has 1 saturated heterocycles. The van der Waals surface area contributed by atoms with Gasteiger partial charge < -0.3 is 14.9 Å². The summed E-state index contributed by atoms with van der Waals surface area (Å²) < 4.78 is 0. The zero-order chi connectivity index (χ0) is 11.4. The van der Waals surface area contributed by atoms with Crippen molar-refractivity contribution >= 4 is 12.0 Å². The van der Waals surface area contributed by atoms with E-state index in [1.807, 2.05) is 6.07 Å². The van der Waals surface area contributed by atoms with Crippen LogP contribution in [0, 0.1) is 17.2 Å². The van der Waals surface area contributed by atoms with Crippen LogP contribution in [0.5, 0.6) is 0 Å². The summed E-state index contributed by atoms with van der Waals surface area (Å²) >= 11 is 0. The average molecular weight is 211 g/mol. The topological polar surface area (TPSA) is 84.6 Å². The number of amides is 2. The molecule has 1 fully saturated rings. The maximum Gasteiger partial charge on any atom is 0.319 e. The predicted molar refractivity (Wildman–Crippen MR) is 51.0 cm³/mol. The number of carbonyl (C=O) groups excluding carboxylic acids is 1. The SMILES string of the molecule is CN(CCC#N)C(=O)N1CC(C(=O)O)C1. The van der Waals surface area contributed by atoms with Crippen LogP contribution in [0.4, 0.5) is 4.79 Å². The van der Waals surface area contributed by atoms with Gasteiger partial charge in [0.25, 0.3) is 0 Å². The standard InChI is InChI=1S/C9H13N3O3/c1-11(4-2-3-10)9(15)12-5-7(6-12)8(13)14/h7H,2,4-6H2,1H3,(H,13,14). The van der Waals surface area contributed by atoms with Gasteiger partial charge >= 0.3 is 12.0 Å². The Morgan fingerprint density at radius 2 is 2.20 bits per heavy atom. The first-order valence-electron chi connectivity index (χ1n) is 4.66. The first kappa shape index (κ1) is 11.3. The third-order valence-corrected chi connectivity index (χ3v) is 2.39. The van der Waals surface area contributed by atoms with Crippen LogP contribution in [-0.2, 0) is 4.79 Å². The van der Waals surface area contributed by atoms with Gasteiger partial charge in [-0.3, -0.25) is 4.79 Å². The van der Waals surface area contributed by atoms with Crippen LogP contribution in [0.2, 0.25) is 0 Å². The molecule has 82 valence electrons. The van der Waals surface area contributed by atoms with Gasteiger partial charge in [-0.15, -0.1) is 0 Å². The molecule has 1 aliphatic rings. The van der Waals surface area contributed by atoms with Crippen LogP contribution < -0.4 is 0 Å². The summed E-state index contributed by atoms with van der Waals surface area (Å²) in [5, 5.41) is 17.0. The maximum atomic E-state index is 11.5. The number of carboxylic acids is 1. The van der Waals surface area contributed by atoms with E-state index in [1.54, 1.807) is 7.05 Å². The fourth-order valence-electron chi connectivity index (χ4n) is 1.35. The second-order valence-electron chi connectivity index (χ2n) is 3.55. The Morgan fingerprint density at radius 3 is 2.67 bits per heavy atom. The van der Waals surface area contributed by atoms with Crippen LogP contribution in [0.1, 0.15) is 6.42 Å². The molecular formula is C9H13N3O3. The molecule has 0 unspecified atom stereocenters. The number of carbonyl (C=O) groups is 2. The zero-order valence-corrected chi connectivity index (χ0v) is 8.51. The van der Waals surface area contributed by atoms with Crippen molar-refractivity contribution in [2.24, 2.45) is 5.92 Å². The molecule has 15 heavy (non-hydrogen) atoms. The molecule has 6 heteroatoms. The molecule has 0 aromatic heterocycles. The van der Waals surface area contributed by atoms with Crippen LogP contribution >= 0.6 is 0 Å². The molecule has 0 aliphatic carbocycles. The van der Waals surface area contributed by atoms with Crippen LogP contribution in [-0.4, -0.2) is 53.6 Å². The highest BCUT2D eigenvalue weighted by Gasteiger charge is 2.36. The molecular weight excluding hydrogens is 198 g/mol. The highest BCUT2D eigenvalue weighted by atomic mass is 16.4. The number of likely N-dealkylation sites (tertiary alicyclic amines) is 1. The molecule has 0 saturated carbocycles. The van der Waals surface area contributed by atoms with Crippen molar-refractivity contribution < 1.29 is 14.7 Å². The molecule has 0 aromatic rings. The summed E-state index contributed by atoms with van der Waals surface area (Å²) in [6.45, 7) is 0.916. The van der Waals surface area contributed by atoms with Gasteiger partial charge in [-0.2, -0.15) is 5.26 Å². The fourth-order valence-corrected chi connectivity index (χ4v) is 1.35. The van der Waals surface area contributed by atoms with E-state index >= 15 is 0 Å². The molecule has 1 rings (SSSR count). The van der Waals surface area contributed by atoms with Gasteiger partial charge in [0, 0.05) is 26.7 Å². The van der Waals surface area contributed by atoms with Crippen molar-refractivity contribution in [3.05, 3.63) is 0 Å². The van der Waals surface area contributed by atoms with E-state index in [0.29, 0.717) is 13.0 Å². The number of nitrogens with zero attached hydrogens (tertiary/aromatic N) is 3. The van der Waals surface area contributed by atoms with Gasteiger partial charge in [0.05, 0.1) is 18.4 Å². The molecule has 0 atom stereocenters. The third-order valence-electron chi connectivity index (χ3n) is 2.39. The average Bonchev–Trinajstić information content (AvgIpc) is 2.10. The molecule has 1 N–H and O–H groups in total. The number of aliphatic carboxylic acids is 1. The highest BCUT2D eigenvalue weighted by Crippen LogP contribution is 2.16. The smallest absolute Gasteiger partial charge is 0.319 e. The summed E-state index contributed by atoms with van der Waals surface area (Å²) in [6.07, 6.45) is 0.290. The maximum absolute atomic E-state index is 11.5. The lowest BCUT2D eigenvalue weighted by Gasteiger charge is -2.38. The van der Waals surface area contributed by atoms with Crippen LogP contribution in [0.3, 0.4) is 0 Å². The van der Waals surface area contributed by atoms with Crippen LogP contribution in [0.15, 0.2) is 0 Å². The van der Waals surface area contributed by atoms with Crippen molar-refractivity contribution in [1.29, 1.82) is 5.26 Å². The second kappa shape index (κ2) is 4.64. The first-order valence-corrected chi connectivity index (χ1v) is 4.66. The Balaban J connectivity index is 2.32. The Kier molecular flexibility index (Phi) is 3.50. The molecule has 0 aromatic carbocycles. The van der Waals surface area contributed by atoms with E-state index in [9.17, 15) is 9.59 Å². The predicted octanol–water partition coefficient (Wildman–Crippen LogP) is -0.0317. The summed E-state index contributed by atoms with van der Waals surface area (Å²) in [6, 6.07) is 1.74. The van der Waals surface area contributed by atoms with Gasteiger partial charge in [-0.1, -0.05) is 0 Å². The van der Waals surface area contributed by atoms with Crippen LogP contribution in [0.25, 0.3) is 0 Å². The molecule has 6 nitrogen and oxygen atoms in total. The van der Waals surface area contributed by atoms with E-state index in [0.717, 1.165) is 0 Å². The van der Waals surface area contributed by atoms with Gasteiger partial charge in [0.2, 0.25) is 0 Å². The van der Waals surface area contributed by atoms with Crippen molar-refractivity contribution in [2.45, 2.75) is 6.42 Å². The Morgan fingerprint density at radius 1 is 1.60 bits per heavy atom. The van der Waals surface area contributed by atoms with E-state index in [-0.39, 0.29) is 19.1 Å². The molecule has 0 bridgehead atoms. The van der Waals surface area contributed by atoms with Crippen molar-refractivity contribution in [2.75, 3.05) is 26.7 Å². The van der Waals surface area contributed by atoms with Gasteiger partial charge in [-0.25, -0.2) is 4.79 Å². The molecule has 1 heterocycles. The van der Waals surface area contributed by atoms with Crippen molar-refractivity contribution in [1.82, 2.24) is 9.80 Å². The second-order valence-corrected chi connectivity index (χ2v) is 3.55. The minimum Gasteiger partial charge on any atom is -0.481 e. The lowest BCUT2D eigenvalue weighted by molar-refractivity contribution is -0.146. The highest BCUT2D eigenvalue weighted by molar-refractivity contribution is 5.79. The summed E-state index contributed by atoms with van der Waals surface area (Å²) in [5.41, 5.74) is 0. The first-order chi connectivity index (χ1) is 7.06. The number of hydrogen-bond acceptors (Lipinski definition) is 3. The summed E-state index contributed by atoms with van der Waals surface area (Å²) in [7, 11) is 1.60. The quantitative estimate of drug-likeness (QED) is 0.710. The van der Waals surface area contributed by atoms with Crippen molar-refractivity contribution in [3.63, 3.8) is 0 Å². The molecule has 0 spiro atoms. The Labute approximate surface area is 87.7 Å². The lowest BCUT2D eigenvalue weighted by Crippen LogP contribution is -2.56. The number of rotatable bonds is 3. The largest absolute Gasteiger partial charge is 0.481 e. The fraction of sp³-hybridized carbons (Fsp3) is 0.667. The Bertz CT molecular complexity index is 304. The normalized spacial score (nSPS) is 15.3. The molecule has 1 aliphatic heterocycles. The molecule has 0 radical (unpaired) electrons. The number of nitriles is 1. The third kappa shape index (κ3) is 2.59. The van der Waals surface area contributed by atoms with Gasteiger partial charge in [0.1, 0.15) is 0 Å². The van der Waals surface area contributed by atoms with Gasteiger partial charge in [0.15, 0.2) is 0 Å². The van der Waals surface area contributed by atoms with E-state index < -0.39 is 11.9 Å². The van der Waals surface area contributed by atoms with E-state index in [1.165, 1.54) is 9.80 Å². The number of carboxylic acid groups (broad SMARTS) is 1. The number of hydrogen-bond donors (Lipinski definition) is 1.